The summed E-state index contributed by atoms with van der Waals surface area (Å²) in [7, 11) is 1.62. The van der Waals surface area contributed by atoms with E-state index in [0.29, 0.717) is 10.7 Å². The molecule has 0 bridgehead atoms. The van der Waals surface area contributed by atoms with Crippen LogP contribution in [0.25, 0.3) is 21.3 Å². The SMILES string of the molecule is COc1ccc2nc(NC(=O)c3cnc4c(cnn4C(C)C)c3)sc2c1. The quantitative estimate of drug-likeness (QED) is 0.592. The van der Waals surface area contributed by atoms with Gasteiger partial charge in [0.15, 0.2) is 10.8 Å². The van der Waals surface area contributed by atoms with E-state index in [2.05, 4.69) is 20.4 Å². The molecule has 1 amide bonds. The minimum atomic E-state index is -0.247. The molecule has 0 aliphatic carbocycles. The van der Waals surface area contributed by atoms with Crippen molar-refractivity contribution in [1.29, 1.82) is 0 Å². The number of fused-ring (bicyclic) bond motifs is 2. The monoisotopic (exact) mass is 367 g/mol. The lowest BCUT2D eigenvalue weighted by Crippen LogP contribution is -2.12. The summed E-state index contributed by atoms with van der Waals surface area (Å²) >= 11 is 1.40. The van der Waals surface area contributed by atoms with Crippen LogP contribution in [0.1, 0.15) is 30.2 Å². The molecule has 1 N–H and O–H groups in total. The average Bonchev–Trinajstić information content (AvgIpc) is 3.23. The Kier molecular flexibility index (Phi) is 4.04. The van der Waals surface area contributed by atoms with Crippen molar-refractivity contribution >= 4 is 43.6 Å². The molecular formula is C18H17N5O2S. The summed E-state index contributed by atoms with van der Waals surface area (Å²) in [5.74, 6) is 0.513. The standard InChI is InChI=1S/C18H17N5O2S/c1-10(2)23-16-11(9-20-23)6-12(8-19-16)17(24)22-18-21-14-5-4-13(25-3)7-15(14)26-18/h4-10H,1-3H3,(H,21,22,24). The zero-order valence-corrected chi connectivity index (χ0v) is 15.4. The number of ether oxygens (including phenoxy) is 1. The van der Waals surface area contributed by atoms with Gasteiger partial charge in [-0.3, -0.25) is 10.1 Å². The third kappa shape index (κ3) is 2.88. The number of anilines is 1. The first-order valence-electron chi connectivity index (χ1n) is 8.14. The van der Waals surface area contributed by atoms with Crippen LogP contribution >= 0.6 is 11.3 Å². The number of nitrogens with one attached hydrogen (secondary N) is 1. The smallest absolute Gasteiger partial charge is 0.259 e. The number of nitrogens with zero attached hydrogens (tertiary/aromatic N) is 4. The molecule has 0 radical (unpaired) electrons. The van der Waals surface area contributed by atoms with Crippen molar-refractivity contribution in [2.75, 3.05) is 12.4 Å². The molecular weight excluding hydrogens is 350 g/mol. The molecule has 4 aromatic rings. The van der Waals surface area contributed by atoms with Gasteiger partial charge >= 0.3 is 0 Å². The molecule has 26 heavy (non-hydrogen) atoms. The Morgan fingerprint density at radius 3 is 2.88 bits per heavy atom. The van der Waals surface area contributed by atoms with Crippen LogP contribution in [0.15, 0.2) is 36.7 Å². The fraction of sp³-hybridized carbons (Fsp3) is 0.222. The molecule has 4 rings (SSSR count). The number of methoxy groups -OCH3 is 1. The maximum absolute atomic E-state index is 12.6. The van der Waals surface area contributed by atoms with E-state index >= 15 is 0 Å². The van der Waals surface area contributed by atoms with Crippen molar-refractivity contribution in [3.63, 3.8) is 0 Å². The van der Waals surface area contributed by atoms with E-state index < -0.39 is 0 Å². The number of hydrogen-bond acceptors (Lipinski definition) is 6. The van der Waals surface area contributed by atoms with Crippen LogP contribution < -0.4 is 10.1 Å². The van der Waals surface area contributed by atoms with Crippen molar-refractivity contribution in [3.05, 3.63) is 42.2 Å². The number of pyridine rings is 1. The normalized spacial score (nSPS) is 11.4. The highest BCUT2D eigenvalue weighted by atomic mass is 32.1. The van der Waals surface area contributed by atoms with Gasteiger partial charge in [-0.05, 0) is 38.1 Å². The Hall–Kier alpha value is -3.00. The largest absolute Gasteiger partial charge is 0.497 e. The minimum absolute atomic E-state index is 0.208. The van der Waals surface area contributed by atoms with Gasteiger partial charge in [-0.25, -0.2) is 14.6 Å². The predicted octanol–water partition coefficient (Wildman–Crippen LogP) is 3.88. The number of rotatable bonds is 4. The molecule has 0 saturated carbocycles. The number of benzene rings is 1. The first-order valence-corrected chi connectivity index (χ1v) is 8.96. The van der Waals surface area contributed by atoms with E-state index in [4.69, 9.17) is 4.74 Å². The Labute approximate surface area is 153 Å². The highest BCUT2D eigenvalue weighted by Crippen LogP contribution is 2.29. The highest BCUT2D eigenvalue weighted by molar-refractivity contribution is 7.22. The molecule has 0 atom stereocenters. The van der Waals surface area contributed by atoms with Crippen molar-refractivity contribution in [2.24, 2.45) is 0 Å². The Balaban J connectivity index is 1.60. The molecule has 8 heteroatoms. The van der Waals surface area contributed by atoms with Gasteiger partial charge in [0.1, 0.15) is 5.75 Å². The number of hydrogen-bond donors (Lipinski definition) is 1. The van der Waals surface area contributed by atoms with Gasteiger partial charge in [-0.15, -0.1) is 0 Å². The first-order chi connectivity index (χ1) is 12.5. The number of carbonyl (C=O) groups excluding carboxylic acids is 1. The number of aromatic nitrogens is 4. The number of carbonyl (C=O) groups is 1. The highest BCUT2D eigenvalue weighted by Gasteiger charge is 2.14. The zero-order chi connectivity index (χ0) is 18.3. The lowest BCUT2D eigenvalue weighted by atomic mass is 10.2. The van der Waals surface area contributed by atoms with Gasteiger partial charge in [0.2, 0.25) is 0 Å². The second-order valence-electron chi connectivity index (χ2n) is 6.13. The van der Waals surface area contributed by atoms with Gasteiger partial charge in [0.25, 0.3) is 5.91 Å². The fourth-order valence-corrected chi connectivity index (χ4v) is 3.59. The Bertz CT molecular complexity index is 1120. The van der Waals surface area contributed by atoms with Gasteiger partial charge in [-0.2, -0.15) is 5.10 Å². The second-order valence-corrected chi connectivity index (χ2v) is 7.16. The zero-order valence-electron chi connectivity index (χ0n) is 14.6. The molecule has 0 aliphatic heterocycles. The average molecular weight is 367 g/mol. The second kappa shape index (κ2) is 6.38. The van der Waals surface area contributed by atoms with Crippen molar-refractivity contribution in [1.82, 2.24) is 19.7 Å². The van der Waals surface area contributed by atoms with E-state index in [9.17, 15) is 4.79 Å². The molecule has 1 aromatic carbocycles. The summed E-state index contributed by atoms with van der Waals surface area (Å²) in [5.41, 5.74) is 2.05. The Morgan fingerprint density at radius 1 is 1.27 bits per heavy atom. The van der Waals surface area contributed by atoms with Crippen molar-refractivity contribution in [3.8, 4) is 5.75 Å². The third-order valence-electron chi connectivity index (χ3n) is 4.00. The lowest BCUT2D eigenvalue weighted by Gasteiger charge is -2.06. The summed E-state index contributed by atoms with van der Waals surface area (Å²) in [4.78, 5) is 21.4. The molecule has 3 aromatic heterocycles. The van der Waals surface area contributed by atoms with E-state index in [1.165, 1.54) is 11.3 Å². The molecule has 0 unspecified atom stereocenters. The van der Waals surface area contributed by atoms with Gasteiger partial charge in [0, 0.05) is 17.6 Å². The van der Waals surface area contributed by atoms with Gasteiger partial charge in [-0.1, -0.05) is 11.3 Å². The molecule has 7 nitrogen and oxygen atoms in total. The van der Waals surface area contributed by atoms with E-state index in [0.717, 1.165) is 27.0 Å². The molecule has 0 spiro atoms. The maximum atomic E-state index is 12.6. The van der Waals surface area contributed by atoms with Crippen LogP contribution in [0.2, 0.25) is 0 Å². The van der Waals surface area contributed by atoms with Crippen LogP contribution in [-0.4, -0.2) is 32.8 Å². The fourth-order valence-electron chi connectivity index (χ4n) is 2.70. The number of amides is 1. The van der Waals surface area contributed by atoms with Crippen molar-refractivity contribution in [2.45, 2.75) is 19.9 Å². The summed E-state index contributed by atoms with van der Waals surface area (Å²) in [6, 6.07) is 7.61. The lowest BCUT2D eigenvalue weighted by molar-refractivity contribution is 0.102. The summed E-state index contributed by atoms with van der Waals surface area (Å²) in [6.07, 6.45) is 3.29. The molecule has 0 aliphatic rings. The van der Waals surface area contributed by atoms with Crippen LogP contribution in [0.4, 0.5) is 5.13 Å². The molecule has 0 saturated heterocycles. The molecule has 132 valence electrons. The Morgan fingerprint density at radius 2 is 2.12 bits per heavy atom. The topological polar surface area (TPSA) is 81.9 Å². The summed E-state index contributed by atoms with van der Waals surface area (Å²) in [6.45, 7) is 4.08. The van der Waals surface area contributed by atoms with E-state index in [1.54, 1.807) is 25.6 Å². The maximum Gasteiger partial charge on any atom is 0.259 e. The van der Waals surface area contributed by atoms with Gasteiger partial charge < -0.3 is 4.74 Å². The summed E-state index contributed by atoms with van der Waals surface area (Å²) in [5, 5.41) is 8.54. The summed E-state index contributed by atoms with van der Waals surface area (Å²) < 4.78 is 8.00. The van der Waals surface area contributed by atoms with E-state index in [1.807, 2.05) is 36.7 Å². The van der Waals surface area contributed by atoms with Crippen LogP contribution in [0, 0.1) is 0 Å². The van der Waals surface area contributed by atoms with Gasteiger partial charge in [0.05, 0.1) is 29.1 Å². The van der Waals surface area contributed by atoms with Crippen LogP contribution in [0.5, 0.6) is 5.75 Å². The molecule has 0 fully saturated rings. The predicted molar refractivity (Wildman–Crippen MR) is 102 cm³/mol. The number of thiazole rings is 1. The van der Waals surface area contributed by atoms with Crippen LogP contribution in [-0.2, 0) is 0 Å². The minimum Gasteiger partial charge on any atom is -0.497 e. The van der Waals surface area contributed by atoms with E-state index in [-0.39, 0.29) is 11.9 Å². The van der Waals surface area contributed by atoms with Crippen molar-refractivity contribution < 1.29 is 9.53 Å². The van der Waals surface area contributed by atoms with Crippen LogP contribution in [0.3, 0.4) is 0 Å². The molecule has 3 heterocycles. The third-order valence-corrected chi connectivity index (χ3v) is 4.93. The first kappa shape index (κ1) is 16.5.